The zero-order valence-corrected chi connectivity index (χ0v) is 21.5. The van der Waals surface area contributed by atoms with Gasteiger partial charge in [0, 0.05) is 11.8 Å². The van der Waals surface area contributed by atoms with Gasteiger partial charge in [0.1, 0.15) is 22.2 Å². The van der Waals surface area contributed by atoms with Crippen molar-refractivity contribution in [2.45, 2.75) is 19.5 Å². The molecule has 0 fully saturated rings. The number of rotatable bonds is 9. The normalized spacial score (nSPS) is 12.3. The Balaban J connectivity index is 1.99. The van der Waals surface area contributed by atoms with Crippen LogP contribution in [0.1, 0.15) is 18.5 Å². The van der Waals surface area contributed by atoms with E-state index in [4.69, 9.17) is 9.47 Å². The Labute approximate surface area is 214 Å². The first-order valence-electron chi connectivity index (χ1n) is 11.5. The van der Waals surface area contributed by atoms with Crippen molar-refractivity contribution in [2.24, 2.45) is 0 Å². The lowest BCUT2D eigenvalue weighted by atomic mass is 10.0. The summed E-state index contributed by atoms with van der Waals surface area (Å²) in [6.45, 7) is 1.91. The van der Waals surface area contributed by atoms with E-state index in [0.29, 0.717) is 45.8 Å². The van der Waals surface area contributed by atoms with Crippen molar-refractivity contribution in [3.05, 3.63) is 82.5 Å². The minimum absolute atomic E-state index is 0.262. The molecule has 1 aromatic heterocycles. The lowest BCUT2D eigenvalue weighted by Crippen LogP contribution is -2.31. The molecular weight excluding hydrogens is 497 g/mol. The van der Waals surface area contributed by atoms with Crippen LogP contribution in [0.4, 0.5) is 4.39 Å². The molecule has 8 nitrogen and oxygen atoms in total. The molecule has 10 heteroatoms. The van der Waals surface area contributed by atoms with Gasteiger partial charge in [-0.2, -0.15) is 5.26 Å². The van der Waals surface area contributed by atoms with Crippen molar-refractivity contribution < 1.29 is 22.3 Å². The van der Waals surface area contributed by atoms with Gasteiger partial charge >= 0.3 is 5.69 Å². The van der Waals surface area contributed by atoms with E-state index in [1.54, 1.807) is 54.6 Å². The maximum atomic E-state index is 14.5. The molecule has 192 valence electrons. The SMILES string of the molecule is CCOc1cc([C@@H](CS(C)(=O)=O)n2c(=O)n(CC#N)c3cc(-c4ccccc4F)ccc32)ccc1OC. The third-order valence-corrected chi connectivity index (χ3v) is 6.94. The molecule has 0 saturated heterocycles. The second-order valence-electron chi connectivity index (χ2n) is 8.53. The Morgan fingerprint density at radius 3 is 2.46 bits per heavy atom. The molecular formula is C27H26FN3O5S. The molecule has 0 unspecified atom stereocenters. The predicted octanol–water partition coefficient (Wildman–Crippen LogP) is 4.17. The quantitative estimate of drug-likeness (QED) is 0.326. The van der Waals surface area contributed by atoms with E-state index in [1.807, 2.05) is 13.0 Å². The molecule has 1 heterocycles. The largest absolute Gasteiger partial charge is 0.493 e. The summed E-state index contributed by atoms with van der Waals surface area (Å²) in [5.74, 6) is 0.0900. The highest BCUT2D eigenvalue weighted by Crippen LogP contribution is 2.34. The van der Waals surface area contributed by atoms with Crippen LogP contribution in [0.3, 0.4) is 0 Å². The third kappa shape index (κ3) is 5.22. The highest BCUT2D eigenvalue weighted by molar-refractivity contribution is 7.90. The van der Waals surface area contributed by atoms with E-state index < -0.39 is 27.4 Å². The minimum atomic E-state index is -3.56. The van der Waals surface area contributed by atoms with Gasteiger partial charge in [0.15, 0.2) is 11.5 Å². The molecule has 0 saturated carbocycles. The number of fused-ring (bicyclic) bond motifs is 1. The number of hydrogen-bond donors (Lipinski definition) is 0. The van der Waals surface area contributed by atoms with Crippen molar-refractivity contribution in [3.63, 3.8) is 0 Å². The van der Waals surface area contributed by atoms with Crippen molar-refractivity contribution in [2.75, 3.05) is 25.7 Å². The topological polar surface area (TPSA) is 103 Å². The highest BCUT2D eigenvalue weighted by Gasteiger charge is 2.27. The monoisotopic (exact) mass is 523 g/mol. The van der Waals surface area contributed by atoms with Crippen LogP contribution in [-0.4, -0.2) is 43.3 Å². The zero-order valence-electron chi connectivity index (χ0n) is 20.6. The molecule has 0 spiro atoms. The van der Waals surface area contributed by atoms with Crippen LogP contribution in [0, 0.1) is 17.1 Å². The van der Waals surface area contributed by atoms with Gasteiger partial charge in [0.05, 0.1) is 42.6 Å². The summed E-state index contributed by atoms with van der Waals surface area (Å²) < 4.78 is 53.2. The third-order valence-electron chi connectivity index (χ3n) is 6.02. The second-order valence-corrected chi connectivity index (χ2v) is 10.7. The first kappa shape index (κ1) is 26.0. The van der Waals surface area contributed by atoms with Crippen LogP contribution in [0.5, 0.6) is 11.5 Å². The molecule has 0 aliphatic carbocycles. The van der Waals surface area contributed by atoms with E-state index in [0.717, 1.165) is 6.26 Å². The first-order chi connectivity index (χ1) is 17.7. The van der Waals surface area contributed by atoms with Gasteiger partial charge in [-0.25, -0.2) is 17.6 Å². The first-order valence-corrected chi connectivity index (χ1v) is 13.6. The number of halogens is 1. The molecule has 0 radical (unpaired) electrons. The number of imidazole rings is 1. The Bertz CT molecular complexity index is 1670. The summed E-state index contributed by atoms with van der Waals surface area (Å²) in [6, 6.07) is 17.3. The fourth-order valence-electron chi connectivity index (χ4n) is 4.44. The van der Waals surface area contributed by atoms with Crippen molar-refractivity contribution in [1.82, 2.24) is 9.13 Å². The average Bonchev–Trinajstić information content (AvgIpc) is 3.13. The van der Waals surface area contributed by atoms with Crippen LogP contribution in [0.25, 0.3) is 22.2 Å². The van der Waals surface area contributed by atoms with Crippen LogP contribution in [0.15, 0.2) is 65.5 Å². The maximum Gasteiger partial charge on any atom is 0.330 e. The summed E-state index contributed by atoms with van der Waals surface area (Å²) in [5.41, 5.74) is 1.65. The molecule has 0 aliphatic rings. The summed E-state index contributed by atoms with van der Waals surface area (Å²) in [4.78, 5) is 13.7. The fraction of sp³-hybridized carbons (Fsp3) is 0.259. The number of nitrogens with zero attached hydrogens (tertiary/aromatic N) is 3. The molecule has 0 N–H and O–H groups in total. The number of nitriles is 1. The van der Waals surface area contributed by atoms with E-state index in [9.17, 15) is 22.9 Å². The summed E-state index contributed by atoms with van der Waals surface area (Å²) in [6.07, 6.45) is 1.10. The molecule has 3 aromatic carbocycles. The molecule has 0 amide bonds. The maximum absolute atomic E-state index is 14.5. The van der Waals surface area contributed by atoms with E-state index >= 15 is 0 Å². The van der Waals surface area contributed by atoms with E-state index in [1.165, 1.54) is 22.3 Å². The Kier molecular flexibility index (Phi) is 7.36. The number of hydrogen-bond acceptors (Lipinski definition) is 6. The number of ether oxygens (including phenoxy) is 2. The Morgan fingerprint density at radius 2 is 1.81 bits per heavy atom. The number of benzene rings is 3. The van der Waals surface area contributed by atoms with Crippen LogP contribution >= 0.6 is 0 Å². The van der Waals surface area contributed by atoms with Crippen LogP contribution in [0.2, 0.25) is 0 Å². The molecule has 0 aliphatic heterocycles. The van der Waals surface area contributed by atoms with Gasteiger partial charge in [0.2, 0.25) is 0 Å². The summed E-state index contributed by atoms with van der Waals surface area (Å²) >= 11 is 0. The van der Waals surface area contributed by atoms with Crippen LogP contribution in [-0.2, 0) is 16.4 Å². The lowest BCUT2D eigenvalue weighted by molar-refractivity contribution is 0.310. The van der Waals surface area contributed by atoms with Gasteiger partial charge in [0.25, 0.3) is 0 Å². The van der Waals surface area contributed by atoms with Crippen molar-refractivity contribution in [3.8, 4) is 28.7 Å². The van der Waals surface area contributed by atoms with E-state index in [-0.39, 0.29) is 12.3 Å². The van der Waals surface area contributed by atoms with Crippen LogP contribution < -0.4 is 15.2 Å². The molecule has 1 atom stereocenters. The fourth-order valence-corrected chi connectivity index (χ4v) is 5.36. The lowest BCUT2D eigenvalue weighted by Gasteiger charge is -2.20. The molecule has 0 bridgehead atoms. The Hall–Kier alpha value is -4.10. The van der Waals surface area contributed by atoms with Gasteiger partial charge in [-0.15, -0.1) is 0 Å². The van der Waals surface area contributed by atoms with Crippen molar-refractivity contribution in [1.29, 1.82) is 5.26 Å². The van der Waals surface area contributed by atoms with Gasteiger partial charge in [-0.05, 0) is 48.4 Å². The standard InChI is InChI=1S/C27H26FN3O5S/c1-4-36-26-16-19(10-12-25(26)35-2)24(17-37(3,33)34)31-22-11-9-18(20-7-5-6-8-21(20)28)15-23(22)30(14-13-29)27(31)32/h5-12,15-16,24H,4,14,17H2,1-3H3/t24-/m1/s1. The average molecular weight is 524 g/mol. The second kappa shape index (κ2) is 10.5. The predicted molar refractivity (Wildman–Crippen MR) is 139 cm³/mol. The molecule has 4 aromatic rings. The smallest absolute Gasteiger partial charge is 0.330 e. The number of aromatic nitrogens is 2. The number of methoxy groups -OCH3 is 1. The highest BCUT2D eigenvalue weighted by atomic mass is 32.2. The minimum Gasteiger partial charge on any atom is -0.493 e. The van der Waals surface area contributed by atoms with Gasteiger partial charge in [-0.3, -0.25) is 9.13 Å². The zero-order chi connectivity index (χ0) is 26.7. The number of sulfone groups is 1. The van der Waals surface area contributed by atoms with Gasteiger partial charge in [-0.1, -0.05) is 30.3 Å². The van der Waals surface area contributed by atoms with Gasteiger partial charge < -0.3 is 9.47 Å². The summed E-state index contributed by atoms with van der Waals surface area (Å²) in [7, 11) is -2.06. The molecule has 4 rings (SSSR count). The van der Waals surface area contributed by atoms with E-state index in [2.05, 4.69) is 0 Å². The van der Waals surface area contributed by atoms with Crippen molar-refractivity contribution >= 4 is 20.9 Å². The molecule has 37 heavy (non-hydrogen) atoms. The summed E-state index contributed by atoms with van der Waals surface area (Å²) in [5, 5.41) is 9.43. The Morgan fingerprint density at radius 1 is 1.05 bits per heavy atom.